The van der Waals surface area contributed by atoms with Crippen LogP contribution in [0.3, 0.4) is 0 Å². The zero-order chi connectivity index (χ0) is 13.9. The molecule has 1 unspecified atom stereocenters. The predicted molar refractivity (Wildman–Crippen MR) is 86.5 cm³/mol. The predicted octanol–water partition coefficient (Wildman–Crippen LogP) is 5.33. The number of nitrogens with zero attached hydrogens (tertiary/aromatic N) is 1. The Morgan fingerprint density at radius 3 is 2.42 bits per heavy atom. The SMILES string of the molecule is CCCCCCCN(CCC)C(C)C1=CCCC=C1. The number of hydrogen-bond acceptors (Lipinski definition) is 1. The van der Waals surface area contributed by atoms with Gasteiger partial charge in [0.05, 0.1) is 0 Å². The molecule has 0 bridgehead atoms. The first-order valence-corrected chi connectivity index (χ1v) is 8.40. The summed E-state index contributed by atoms with van der Waals surface area (Å²) < 4.78 is 0. The van der Waals surface area contributed by atoms with E-state index in [1.807, 2.05) is 0 Å². The van der Waals surface area contributed by atoms with Crippen molar-refractivity contribution in [2.75, 3.05) is 13.1 Å². The maximum atomic E-state index is 2.67. The summed E-state index contributed by atoms with van der Waals surface area (Å²) >= 11 is 0. The molecule has 0 spiro atoms. The van der Waals surface area contributed by atoms with Crippen LogP contribution in [0.5, 0.6) is 0 Å². The zero-order valence-corrected chi connectivity index (χ0v) is 13.3. The average Bonchev–Trinajstić information content (AvgIpc) is 2.46. The van der Waals surface area contributed by atoms with Gasteiger partial charge in [-0.25, -0.2) is 0 Å². The van der Waals surface area contributed by atoms with Crippen molar-refractivity contribution >= 4 is 0 Å². The summed E-state index contributed by atoms with van der Waals surface area (Å²) in [5.74, 6) is 0. The minimum absolute atomic E-state index is 0.600. The van der Waals surface area contributed by atoms with E-state index in [4.69, 9.17) is 0 Å². The maximum Gasteiger partial charge on any atom is 0.0316 e. The van der Waals surface area contributed by atoms with E-state index < -0.39 is 0 Å². The smallest absolute Gasteiger partial charge is 0.0316 e. The third-order valence-electron chi connectivity index (χ3n) is 4.11. The Balaban J connectivity index is 2.37. The van der Waals surface area contributed by atoms with Crippen molar-refractivity contribution in [2.24, 2.45) is 0 Å². The van der Waals surface area contributed by atoms with Crippen molar-refractivity contribution in [1.82, 2.24) is 4.90 Å². The minimum Gasteiger partial charge on any atom is -0.297 e. The van der Waals surface area contributed by atoms with Gasteiger partial charge in [-0.05, 0) is 51.3 Å². The molecule has 0 fully saturated rings. The Labute approximate surface area is 120 Å². The van der Waals surface area contributed by atoms with Gasteiger partial charge in [0.2, 0.25) is 0 Å². The van der Waals surface area contributed by atoms with Gasteiger partial charge in [0.25, 0.3) is 0 Å². The molecule has 0 N–H and O–H groups in total. The molecule has 0 aromatic carbocycles. The summed E-state index contributed by atoms with van der Waals surface area (Å²) in [6.45, 7) is 9.46. The summed E-state index contributed by atoms with van der Waals surface area (Å²) in [6, 6.07) is 0.600. The maximum absolute atomic E-state index is 2.67. The Morgan fingerprint density at radius 2 is 1.79 bits per heavy atom. The molecule has 0 saturated heterocycles. The fraction of sp³-hybridized carbons (Fsp3) is 0.778. The lowest BCUT2D eigenvalue weighted by Gasteiger charge is -2.30. The van der Waals surface area contributed by atoms with E-state index in [0.717, 1.165) is 0 Å². The van der Waals surface area contributed by atoms with Gasteiger partial charge in [-0.2, -0.15) is 0 Å². The van der Waals surface area contributed by atoms with Gasteiger partial charge in [-0.3, -0.25) is 4.90 Å². The molecule has 1 heteroatoms. The van der Waals surface area contributed by atoms with E-state index in [1.165, 1.54) is 70.0 Å². The highest BCUT2D eigenvalue weighted by atomic mass is 15.1. The molecule has 19 heavy (non-hydrogen) atoms. The highest BCUT2D eigenvalue weighted by molar-refractivity contribution is 5.26. The number of allylic oxidation sites excluding steroid dienone is 2. The van der Waals surface area contributed by atoms with E-state index in [9.17, 15) is 0 Å². The molecule has 0 aromatic rings. The van der Waals surface area contributed by atoms with E-state index >= 15 is 0 Å². The van der Waals surface area contributed by atoms with Crippen molar-refractivity contribution < 1.29 is 0 Å². The van der Waals surface area contributed by atoms with Crippen LogP contribution in [0, 0.1) is 0 Å². The van der Waals surface area contributed by atoms with Crippen LogP contribution in [-0.4, -0.2) is 24.0 Å². The van der Waals surface area contributed by atoms with Crippen LogP contribution in [0.1, 0.15) is 72.1 Å². The molecule has 0 amide bonds. The molecule has 0 heterocycles. The van der Waals surface area contributed by atoms with Crippen molar-refractivity contribution in [3.8, 4) is 0 Å². The normalized spacial score (nSPS) is 16.7. The first-order chi connectivity index (χ1) is 9.29. The topological polar surface area (TPSA) is 3.24 Å². The summed E-state index contributed by atoms with van der Waals surface area (Å²) in [4.78, 5) is 2.67. The molecule has 1 aliphatic rings. The van der Waals surface area contributed by atoms with Crippen LogP contribution in [-0.2, 0) is 0 Å². The molecule has 0 saturated carbocycles. The van der Waals surface area contributed by atoms with Crippen molar-refractivity contribution in [3.63, 3.8) is 0 Å². The molecule has 1 nitrogen and oxygen atoms in total. The average molecular weight is 263 g/mol. The molecule has 0 radical (unpaired) electrons. The van der Waals surface area contributed by atoms with Crippen LogP contribution < -0.4 is 0 Å². The van der Waals surface area contributed by atoms with Crippen LogP contribution in [0.2, 0.25) is 0 Å². The molecule has 1 atom stereocenters. The van der Waals surface area contributed by atoms with Gasteiger partial charge in [-0.1, -0.05) is 57.8 Å². The molecule has 110 valence electrons. The van der Waals surface area contributed by atoms with E-state index in [-0.39, 0.29) is 0 Å². The second-order valence-electron chi connectivity index (χ2n) is 5.81. The quantitative estimate of drug-likeness (QED) is 0.481. The number of rotatable bonds is 10. The third kappa shape index (κ3) is 6.42. The minimum atomic E-state index is 0.600. The summed E-state index contributed by atoms with van der Waals surface area (Å²) in [6.07, 6.45) is 17.7. The van der Waals surface area contributed by atoms with Gasteiger partial charge < -0.3 is 0 Å². The zero-order valence-electron chi connectivity index (χ0n) is 13.3. The second-order valence-corrected chi connectivity index (χ2v) is 5.81. The Kier molecular flexibility index (Phi) is 8.90. The van der Waals surface area contributed by atoms with E-state index in [0.29, 0.717) is 6.04 Å². The van der Waals surface area contributed by atoms with Crippen molar-refractivity contribution in [2.45, 2.75) is 78.2 Å². The van der Waals surface area contributed by atoms with Crippen LogP contribution >= 0.6 is 0 Å². The summed E-state index contributed by atoms with van der Waals surface area (Å²) in [5.41, 5.74) is 1.54. The highest BCUT2D eigenvalue weighted by Crippen LogP contribution is 2.19. The van der Waals surface area contributed by atoms with Crippen LogP contribution in [0.15, 0.2) is 23.8 Å². The lowest BCUT2D eigenvalue weighted by Crippen LogP contribution is -2.36. The van der Waals surface area contributed by atoms with Crippen molar-refractivity contribution in [3.05, 3.63) is 23.8 Å². The summed E-state index contributed by atoms with van der Waals surface area (Å²) in [7, 11) is 0. The molecule has 0 aliphatic heterocycles. The van der Waals surface area contributed by atoms with Crippen LogP contribution in [0.25, 0.3) is 0 Å². The molecule has 1 aliphatic carbocycles. The highest BCUT2D eigenvalue weighted by Gasteiger charge is 2.15. The number of unbranched alkanes of at least 4 members (excludes halogenated alkanes) is 4. The monoisotopic (exact) mass is 263 g/mol. The third-order valence-corrected chi connectivity index (χ3v) is 4.11. The van der Waals surface area contributed by atoms with Gasteiger partial charge in [0.1, 0.15) is 0 Å². The second kappa shape index (κ2) is 10.3. The largest absolute Gasteiger partial charge is 0.297 e. The Morgan fingerprint density at radius 1 is 1.00 bits per heavy atom. The molecule has 1 rings (SSSR count). The fourth-order valence-corrected chi connectivity index (χ4v) is 2.86. The van der Waals surface area contributed by atoms with Gasteiger partial charge in [0, 0.05) is 6.04 Å². The summed E-state index contributed by atoms with van der Waals surface area (Å²) in [5, 5.41) is 0. The van der Waals surface area contributed by atoms with E-state index in [2.05, 4.69) is 43.9 Å². The lowest BCUT2D eigenvalue weighted by molar-refractivity contribution is 0.229. The first-order valence-electron chi connectivity index (χ1n) is 8.40. The van der Waals surface area contributed by atoms with Crippen molar-refractivity contribution in [1.29, 1.82) is 0 Å². The van der Waals surface area contributed by atoms with Crippen LogP contribution in [0.4, 0.5) is 0 Å². The standard InChI is InChI=1S/C18H33N/c1-4-6-7-8-12-16-19(15-5-2)17(3)18-13-10-9-11-14-18/h10,13-14,17H,4-9,11-12,15-16H2,1-3H3. The molecule has 0 aromatic heterocycles. The Bertz CT molecular complexity index is 277. The lowest BCUT2D eigenvalue weighted by atomic mass is 9.99. The first kappa shape index (κ1) is 16.5. The fourth-order valence-electron chi connectivity index (χ4n) is 2.86. The molecular formula is C18H33N. The number of hydrogen-bond donors (Lipinski definition) is 0. The van der Waals surface area contributed by atoms with Gasteiger partial charge >= 0.3 is 0 Å². The van der Waals surface area contributed by atoms with E-state index in [1.54, 1.807) is 0 Å². The Hall–Kier alpha value is -0.560. The van der Waals surface area contributed by atoms with Gasteiger partial charge in [-0.15, -0.1) is 0 Å². The molecular weight excluding hydrogens is 230 g/mol. The van der Waals surface area contributed by atoms with Gasteiger partial charge in [0.15, 0.2) is 0 Å².